The van der Waals surface area contributed by atoms with Gasteiger partial charge in [0.25, 0.3) is 0 Å². The number of benzene rings is 1. The molecule has 4 nitrogen and oxygen atoms in total. The molecule has 0 aliphatic rings. The summed E-state index contributed by atoms with van der Waals surface area (Å²) in [5.41, 5.74) is 7.31. The van der Waals surface area contributed by atoms with E-state index in [1.807, 2.05) is 31.2 Å². The van der Waals surface area contributed by atoms with Crippen molar-refractivity contribution in [2.45, 2.75) is 13.5 Å². The molecule has 0 unspecified atom stereocenters. The first kappa shape index (κ1) is 12.0. The van der Waals surface area contributed by atoms with Gasteiger partial charge in [-0.1, -0.05) is 12.1 Å². The van der Waals surface area contributed by atoms with Crippen LogP contribution in [0.3, 0.4) is 0 Å². The molecule has 0 amide bonds. The summed E-state index contributed by atoms with van der Waals surface area (Å²) in [6.07, 6.45) is 1.69. The molecule has 0 aliphatic heterocycles. The molecule has 0 saturated carbocycles. The van der Waals surface area contributed by atoms with Crippen molar-refractivity contribution in [3.8, 4) is 11.8 Å². The van der Waals surface area contributed by atoms with Crippen LogP contribution in [-0.4, -0.2) is 9.97 Å². The highest BCUT2D eigenvalue weighted by Crippen LogP contribution is 2.27. The summed E-state index contributed by atoms with van der Waals surface area (Å²) in [7, 11) is 0. The predicted molar refractivity (Wildman–Crippen MR) is 68.9 cm³/mol. The first-order chi connectivity index (χ1) is 8.20. The molecule has 1 aromatic heterocycles. The zero-order valence-corrected chi connectivity index (χ0v) is 10.9. The molecule has 17 heavy (non-hydrogen) atoms. The number of hydrogen-bond acceptors (Lipinski definition) is 4. The Hall–Kier alpha value is -1.46. The van der Waals surface area contributed by atoms with Crippen LogP contribution in [0.2, 0.25) is 0 Å². The van der Waals surface area contributed by atoms with Crippen molar-refractivity contribution in [3.05, 3.63) is 46.2 Å². The Kier molecular flexibility index (Phi) is 3.71. The quantitative estimate of drug-likeness (QED) is 0.945. The Morgan fingerprint density at radius 3 is 2.76 bits per heavy atom. The maximum absolute atomic E-state index is 5.58. The second kappa shape index (κ2) is 5.25. The molecule has 0 radical (unpaired) electrons. The van der Waals surface area contributed by atoms with Gasteiger partial charge < -0.3 is 10.5 Å². The monoisotopic (exact) mass is 293 g/mol. The van der Waals surface area contributed by atoms with E-state index in [2.05, 4.69) is 25.9 Å². The van der Waals surface area contributed by atoms with Gasteiger partial charge in [-0.05, 0) is 35.0 Å². The fourth-order valence-corrected chi connectivity index (χ4v) is 1.71. The summed E-state index contributed by atoms with van der Waals surface area (Å²) < 4.78 is 6.44. The van der Waals surface area contributed by atoms with E-state index in [4.69, 9.17) is 10.5 Å². The smallest absolute Gasteiger partial charge is 0.322 e. The molecule has 2 aromatic rings. The Morgan fingerprint density at radius 1 is 1.35 bits per heavy atom. The van der Waals surface area contributed by atoms with Crippen LogP contribution in [0.25, 0.3) is 0 Å². The Bertz CT molecular complexity index is 531. The molecule has 0 bridgehead atoms. The first-order valence-corrected chi connectivity index (χ1v) is 5.95. The van der Waals surface area contributed by atoms with Gasteiger partial charge in [-0.25, -0.2) is 4.98 Å². The molecule has 1 heterocycles. The van der Waals surface area contributed by atoms with Gasteiger partial charge in [-0.3, -0.25) is 0 Å². The Balaban J connectivity index is 2.25. The Morgan fingerprint density at radius 2 is 2.12 bits per heavy atom. The lowest BCUT2D eigenvalue weighted by atomic mass is 10.2. The van der Waals surface area contributed by atoms with Gasteiger partial charge in [0.05, 0.1) is 4.47 Å². The lowest BCUT2D eigenvalue weighted by Crippen LogP contribution is -2.03. The van der Waals surface area contributed by atoms with Crippen molar-refractivity contribution in [1.82, 2.24) is 9.97 Å². The van der Waals surface area contributed by atoms with E-state index < -0.39 is 0 Å². The minimum absolute atomic E-state index is 0.326. The molecule has 0 fully saturated rings. The average molecular weight is 294 g/mol. The van der Waals surface area contributed by atoms with Gasteiger partial charge in [0.15, 0.2) is 0 Å². The van der Waals surface area contributed by atoms with Crippen LogP contribution in [0, 0.1) is 6.92 Å². The number of hydrogen-bond donors (Lipinski definition) is 1. The molecule has 0 aliphatic carbocycles. The fraction of sp³-hybridized carbons (Fsp3) is 0.167. The lowest BCUT2D eigenvalue weighted by Gasteiger charge is -2.07. The van der Waals surface area contributed by atoms with E-state index in [-0.39, 0.29) is 0 Å². The largest absolute Gasteiger partial charge is 0.423 e. The minimum Gasteiger partial charge on any atom is -0.423 e. The summed E-state index contributed by atoms with van der Waals surface area (Å²) in [4.78, 5) is 8.36. The van der Waals surface area contributed by atoms with Crippen molar-refractivity contribution >= 4 is 15.9 Å². The zero-order valence-electron chi connectivity index (χ0n) is 9.35. The second-order valence-corrected chi connectivity index (χ2v) is 4.35. The number of nitrogens with two attached hydrogens (primary N) is 1. The van der Waals surface area contributed by atoms with Gasteiger partial charge in [-0.2, -0.15) is 4.98 Å². The maximum Gasteiger partial charge on any atom is 0.322 e. The summed E-state index contributed by atoms with van der Waals surface area (Å²) >= 11 is 3.40. The van der Waals surface area contributed by atoms with E-state index in [9.17, 15) is 0 Å². The van der Waals surface area contributed by atoms with Crippen molar-refractivity contribution in [3.63, 3.8) is 0 Å². The van der Waals surface area contributed by atoms with E-state index in [0.29, 0.717) is 18.3 Å². The zero-order chi connectivity index (χ0) is 12.3. The normalized spacial score (nSPS) is 10.3. The number of rotatable bonds is 3. The number of halogens is 1. The van der Waals surface area contributed by atoms with Gasteiger partial charge >= 0.3 is 6.01 Å². The summed E-state index contributed by atoms with van der Waals surface area (Å²) in [5.74, 6) is 0.687. The topological polar surface area (TPSA) is 61.0 Å². The van der Waals surface area contributed by atoms with Gasteiger partial charge in [0.1, 0.15) is 5.75 Å². The van der Waals surface area contributed by atoms with E-state index in [1.54, 1.807) is 6.20 Å². The molecular weight excluding hydrogens is 282 g/mol. The SMILES string of the molecule is Cc1nc(Oc2ccccc2Br)ncc1CN. The molecule has 1 aromatic carbocycles. The molecule has 2 N–H and O–H groups in total. The molecule has 0 atom stereocenters. The highest BCUT2D eigenvalue weighted by Gasteiger charge is 2.06. The standard InChI is InChI=1S/C12H12BrN3O/c1-8-9(6-14)7-15-12(16-8)17-11-5-3-2-4-10(11)13/h2-5,7H,6,14H2,1H3. The number of nitrogens with zero attached hydrogens (tertiary/aromatic N) is 2. The summed E-state index contributed by atoms with van der Waals surface area (Å²) in [5, 5.41) is 0. The van der Waals surface area contributed by atoms with Gasteiger partial charge in [0.2, 0.25) is 0 Å². The Labute approximate surface area is 108 Å². The molecule has 2 rings (SSSR count). The third-order valence-corrected chi connectivity index (χ3v) is 2.97. The average Bonchev–Trinajstić information content (AvgIpc) is 2.32. The lowest BCUT2D eigenvalue weighted by molar-refractivity contribution is 0.437. The maximum atomic E-state index is 5.58. The number of para-hydroxylation sites is 1. The van der Waals surface area contributed by atoms with Crippen LogP contribution in [-0.2, 0) is 6.54 Å². The van der Waals surface area contributed by atoms with Crippen LogP contribution in [0.4, 0.5) is 0 Å². The van der Waals surface area contributed by atoms with Crippen LogP contribution in [0.5, 0.6) is 11.8 Å². The molecule has 5 heteroatoms. The van der Waals surface area contributed by atoms with Crippen molar-refractivity contribution in [2.75, 3.05) is 0 Å². The molecular formula is C12H12BrN3O. The molecule has 0 spiro atoms. The number of aromatic nitrogens is 2. The van der Waals surface area contributed by atoms with Crippen LogP contribution >= 0.6 is 15.9 Å². The third-order valence-electron chi connectivity index (χ3n) is 2.32. The minimum atomic E-state index is 0.326. The second-order valence-electron chi connectivity index (χ2n) is 3.50. The summed E-state index contributed by atoms with van der Waals surface area (Å²) in [6.45, 7) is 2.32. The van der Waals surface area contributed by atoms with Crippen molar-refractivity contribution < 1.29 is 4.74 Å². The van der Waals surface area contributed by atoms with Crippen LogP contribution in [0.1, 0.15) is 11.3 Å². The fourth-order valence-electron chi connectivity index (χ4n) is 1.35. The van der Waals surface area contributed by atoms with E-state index in [1.165, 1.54) is 0 Å². The van der Waals surface area contributed by atoms with Crippen LogP contribution < -0.4 is 10.5 Å². The molecule has 88 valence electrons. The van der Waals surface area contributed by atoms with Gasteiger partial charge in [0, 0.05) is 24.0 Å². The highest BCUT2D eigenvalue weighted by molar-refractivity contribution is 9.10. The highest BCUT2D eigenvalue weighted by atomic mass is 79.9. The van der Waals surface area contributed by atoms with Gasteiger partial charge in [-0.15, -0.1) is 0 Å². The molecule has 0 saturated heterocycles. The third kappa shape index (κ3) is 2.81. The van der Waals surface area contributed by atoms with Crippen LogP contribution in [0.15, 0.2) is 34.9 Å². The van der Waals surface area contributed by atoms with E-state index in [0.717, 1.165) is 15.7 Å². The summed E-state index contributed by atoms with van der Waals surface area (Å²) in [6, 6.07) is 7.88. The van der Waals surface area contributed by atoms with E-state index >= 15 is 0 Å². The predicted octanol–water partition coefficient (Wildman–Crippen LogP) is 2.80. The first-order valence-electron chi connectivity index (χ1n) is 5.15. The number of aryl methyl sites for hydroxylation is 1. The van der Waals surface area contributed by atoms with Crippen molar-refractivity contribution in [2.24, 2.45) is 5.73 Å². The number of ether oxygens (including phenoxy) is 1. The van der Waals surface area contributed by atoms with Crippen molar-refractivity contribution in [1.29, 1.82) is 0 Å².